The van der Waals surface area contributed by atoms with Gasteiger partial charge in [-0.05, 0) is 80.6 Å². The average Bonchev–Trinajstić information content (AvgIpc) is 2.97. The van der Waals surface area contributed by atoms with E-state index in [1.807, 2.05) is 51.3 Å². The van der Waals surface area contributed by atoms with Crippen LogP contribution in [-0.2, 0) is 26.2 Å². The number of likely N-dealkylation sites (N-methyl/N-ethyl adjacent to an activating group) is 1. The van der Waals surface area contributed by atoms with Crippen LogP contribution in [0.25, 0.3) is 0 Å². The van der Waals surface area contributed by atoms with Crippen molar-refractivity contribution in [2.45, 2.75) is 49.6 Å². The normalized spacial score (nSPS) is 11.9. The zero-order chi connectivity index (χ0) is 29.3. The zero-order valence-electron chi connectivity index (χ0n) is 23.6. The summed E-state index contributed by atoms with van der Waals surface area (Å²) in [5, 5.41) is 2.64. The lowest BCUT2D eigenvalue weighted by molar-refractivity contribution is -0.140. The second-order valence-corrected chi connectivity index (χ2v) is 11.9. The Labute approximate surface area is 241 Å². The van der Waals surface area contributed by atoms with Gasteiger partial charge in [0.2, 0.25) is 11.8 Å². The van der Waals surface area contributed by atoms with Gasteiger partial charge in [-0.1, -0.05) is 36.8 Å². The topological polar surface area (TPSA) is 96.0 Å². The van der Waals surface area contributed by atoms with E-state index >= 15 is 0 Å². The molecule has 10 heteroatoms. The smallest absolute Gasteiger partial charge is 0.264 e. The van der Waals surface area contributed by atoms with Crippen LogP contribution in [0.3, 0.4) is 0 Å². The fraction of sp³-hybridized carbons (Fsp3) is 0.333. The Morgan fingerprint density at radius 1 is 0.950 bits per heavy atom. The molecule has 40 heavy (non-hydrogen) atoms. The minimum absolute atomic E-state index is 0.0652. The molecular formula is C30H37N3O5S2. The van der Waals surface area contributed by atoms with Crippen LogP contribution < -0.4 is 14.4 Å². The Morgan fingerprint density at radius 3 is 2.10 bits per heavy atom. The van der Waals surface area contributed by atoms with Gasteiger partial charge in [-0.15, -0.1) is 11.8 Å². The molecule has 2 amide bonds. The van der Waals surface area contributed by atoms with Crippen molar-refractivity contribution in [2.75, 3.05) is 30.8 Å². The largest absolute Gasteiger partial charge is 0.494 e. The van der Waals surface area contributed by atoms with Crippen molar-refractivity contribution in [1.82, 2.24) is 10.2 Å². The van der Waals surface area contributed by atoms with E-state index < -0.39 is 28.5 Å². The quantitative estimate of drug-likeness (QED) is 0.289. The minimum Gasteiger partial charge on any atom is -0.494 e. The zero-order valence-corrected chi connectivity index (χ0v) is 25.2. The molecule has 0 radical (unpaired) electrons. The van der Waals surface area contributed by atoms with Crippen LogP contribution in [0, 0.1) is 6.92 Å². The molecule has 1 atom stereocenters. The third-order valence-corrected chi connectivity index (χ3v) is 9.00. The summed E-state index contributed by atoms with van der Waals surface area (Å²) in [4.78, 5) is 29.2. The maximum absolute atomic E-state index is 14.0. The lowest BCUT2D eigenvalue weighted by atomic mass is 10.1. The number of carbonyl (C=O) groups is 2. The summed E-state index contributed by atoms with van der Waals surface area (Å²) in [7, 11) is -2.61. The maximum atomic E-state index is 14.0. The molecule has 0 spiro atoms. The molecule has 8 nitrogen and oxygen atoms in total. The monoisotopic (exact) mass is 583 g/mol. The highest BCUT2D eigenvalue weighted by molar-refractivity contribution is 7.98. The van der Waals surface area contributed by atoms with Crippen LogP contribution in [0.4, 0.5) is 5.69 Å². The van der Waals surface area contributed by atoms with Crippen LogP contribution in [0.15, 0.2) is 82.6 Å². The molecule has 214 valence electrons. The number of rotatable bonds is 13. The van der Waals surface area contributed by atoms with Crippen LogP contribution in [-0.4, -0.2) is 57.6 Å². The maximum Gasteiger partial charge on any atom is 0.264 e. The fourth-order valence-corrected chi connectivity index (χ4v) is 6.08. The summed E-state index contributed by atoms with van der Waals surface area (Å²) in [6.45, 7) is 5.79. The van der Waals surface area contributed by atoms with E-state index in [0.717, 1.165) is 20.3 Å². The van der Waals surface area contributed by atoms with Gasteiger partial charge in [0.15, 0.2) is 0 Å². The third kappa shape index (κ3) is 7.57. The van der Waals surface area contributed by atoms with E-state index in [1.165, 1.54) is 35.8 Å². The van der Waals surface area contributed by atoms with Gasteiger partial charge in [0, 0.05) is 18.5 Å². The van der Waals surface area contributed by atoms with Gasteiger partial charge in [-0.3, -0.25) is 13.9 Å². The highest BCUT2D eigenvalue weighted by atomic mass is 32.2. The molecular weight excluding hydrogens is 546 g/mol. The van der Waals surface area contributed by atoms with Crippen molar-refractivity contribution < 1.29 is 22.7 Å². The molecule has 0 aromatic heterocycles. The molecule has 0 fully saturated rings. The Balaban J connectivity index is 2.05. The summed E-state index contributed by atoms with van der Waals surface area (Å²) in [5.41, 5.74) is 2.22. The first-order valence-corrected chi connectivity index (χ1v) is 15.8. The number of sulfonamides is 1. The number of anilines is 1. The van der Waals surface area contributed by atoms with Gasteiger partial charge >= 0.3 is 0 Å². The second-order valence-electron chi connectivity index (χ2n) is 9.16. The first-order chi connectivity index (χ1) is 19.1. The molecule has 0 aliphatic rings. The molecule has 3 aromatic rings. The minimum atomic E-state index is -4.13. The highest BCUT2D eigenvalue weighted by Crippen LogP contribution is 2.28. The van der Waals surface area contributed by atoms with Gasteiger partial charge in [-0.2, -0.15) is 0 Å². The predicted molar refractivity (Wildman–Crippen MR) is 160 cm³/mol. The summed E-state index contributed by atoms with van der Waals surface area (Å²) in [6.07, 6.45) is 2.27. The Kier molecular flexibility index (Phi) is 11.0. The number of hydrogen-bond donors (Lipinski definition) is 1. The van der Waals surface area contributed by atoms with E-state index in [4.69, 9.17) is 4.74 Å². The van der Waals surface area contributed by atoms with Crippen LogP contribution in [0.5, 0.6) is 5.75 Å². The van der Waals surface area contributed by atoms with E-state index in [2.05, 4.69) is 5.32 Å². The number of ether oxygens (including phenoxy) is 1. The number of amides is 2. The Bertz CT molecular complexity index is 1380. The number of benzene rings is 3. The summed E-state index contributed by atoms with van der Waals surface area (Å²) in [6, 6.07) is 20.0. The molecule has 3 aromatic carbocycles. The van der Waals surface area contributed by atoms with E-state index in [9.17, 15) is 18.0 Å². The van der Waals surface area contributed by atoms with Gasteiger partial charge < -0.3 is 15.0 Å². The molecule has 0 saturated heterocycles. The summed E-state index contributed by atoms with van der Waals surface area (Å²) < 4.78 is 34.5. The number of aryl methyl sites for hydroxylation is 1. The van der Waals surface area contributed by atoms with Crippen molar-refractivity contribution >= 4 is 39.3 Å². The van der Waals surface area contributed by atoms with Crippen molar-refractivity contribution in [3.63, 3.8) is 0 Å². The number of nitrogens with zero attached hydrogens (tertiary/aromatic N) is 2. The van der Waals surface area contributed by atoms with Gasteiger partial charge in [0.05, 0.1) is 17.2 Å². The fourth-order valence-electron chi connectivity index (χ4n) is 4.26. The highest BCUT2D eigenvalue weighted by Gasteiger charge is 2.33. The number of thioether (sulfide) groups is 1. The van der Waals surface area contributed by atoms with Gasteiger partial charge in [-0.25, -0.2) is 8.42 Å². The van der Waals surface area contributed by atoms with Crippen molar-refractivity contribution in [3.8, 4) is 5.75 Å². The van der Waals surface area contributed by atoms with E-state index in [0.29, 0.717) is 24.5 Å². The first kappa shape index (κ1) is 31.0. The Hall–Kier alpha value is -3.50. The second kappa shape index (κ2) is 14.2. The summed E-state index contributed by atoms with van der Waals surface area (Å²) >= 11 is 1.50. The van der Waals surface area contributed by atoms with Crippen molar-refractivity contribution in [3.05, 3.63) is 83.9 Å². The van der Waals surface area contributed by atoms with Gasteiger partial charge in [0.25, 0.3) is 10.0 Å². The lowest BCUT2D eigenvalue weighted by Gasteiger charge is -2.33. The van der Waals surface area contributed by atoms with Gasteiger partial charge in [0.1, 0.15) is 18.3 Å². The predicted octanol–water partition coefficient (Wildman–Crippen LogP) is 4.86. The standard InChI is InChI=1S/C30H37N3O5S2/c1-6-28(30(35)31-4)32(20-23-10-8-22(3)9-11-23)29(34)21-33(24-12-14-25(15-13-24)38-7-2)40(36,37)27-18-16-26(39-5)17-19-27/h8-19,28H,6-7,20-21H2,1-5H3,(H,31,35). The number of hydrogen-bond acceptors (Lipinski definition) is 6. The van der Waals surface area contributed by atoms with Crippen LogP contribution in [0.2, 0.25) is 0 Å². The molecule has 0 aliphatic carbocycles. The molecule has 1 unspecified atom stereocenters. The third-order valence-electron chi connectivity index (χ3n) is 6.47. The van der Waals surface area contributed by atoms with Crippen molar-refractivity contribution in [2.24, 2.45) is 0 Å². The van der Waals surface area contributed by atoms with E-state index in [1.54, 1.807) is 36.4 Å². The molecule has 0 heterocycles. The summed E-state index contributed by atoms with van der Waals surface area (Å²) in [5.74, 6) is -0.216. The van der Waals surface area contributed by atoms with Crippen molar-refractivity contribution in [1.29, 1.82) is 0 Å². The first-order valence-electron chi connectivity index (χ1n) is 13.1. The lowest BCUT2D eigenvalue weighted by Crippen LogP contribution is -2.51. The SMILES string of the molecule is CCOc1ccc(N(CC(=O)N(Cc2ccc(C)cc2)C(CC)C(=O)NC)S(=O)(=O)c2ccc(SC)cc2)cc1. The van der Waals surface area contributed by atoms with Crippen LogP contribution in [0.1, 0.15) is 31.4 Å². The molecule has 1 N–H and O–H groups in total. The number of nitrogens with one attached hydrogen (secondary N) is 1. The molecule has 0 bridgehead atoms. The Morgan fingerprint density at radius 2 is 1.57 bits per heavy atom. The van der Waals surface area contributed by atoms with E-state index in [-0.39, 0.29) is 17.3 Å². The average molecular weight is 584 g/mol. The van der Waals surface area contributed by atoms with Crippen LogP contribution >= 0.6 is 11.8 Å². The molecule has 3 rings (SSSR count). The molecule has 0 saturated carbocycles. The number of carbonyl (C=O) groups excluding carboxylic acids is 2. The molecule has 0 aliphatic heterocycles.